The molecular weight excluding hydrogens is 403 g/mol. The minimum absolute atomic E-state index is 0.0413. The van der Waals surface area contributed by atoms with Crippen molar-refractivity contribution in [3.05, 3.63) is 64.8 Å². The van der Waals surface area contributed by atoms with Gasteiger partial charge in [-0.1, -0.05) is 18.2 Å². The number of hydrogen-bond donors (Lipinski definition) is 3. The molecule has 0 aliphatic carbocycles. The van der Waals surface area contributed by atoms with Gasteiger partial charge in [0.15, 0.2) is 17.7 Å². The standard InChI is InChI=1S/C22H23FN4O4/c1-28-15-9-8-13(19(29-2)20(15)30-3)16-14(10-24)21(25)31-22-17(16)18(26-27-22)11-4-6-12(23)7-5-11/h4-9,16-18,22,26-27H,25H2,1-3H3. The number of nitriles is 1. The fourth-order valence-electron chi connectivity index (χ4n) is 4.39. The van der Waals surface area contributed by atoms with Gasteiger partial charge in [0.25, 0.3) is 0 Å². The molecule has 162 valence electrons. The van der Waals surface area contributed by atoms with Gasteiger partial charge >= 0.3 is 0 Å². The molecule has 0 amide bonds. The number of ether oxygens (including phenoxy) is 4. The summed E-state index contributed by atoms with van der Waals surface area (Å²) in [6.45, 7) is 0. The van der Waals surface area contributed by atoms with E-state index in [-0.39, 0.29) is 29.2 Å². The van der Waals surface area contributed by atoms with Crippen LogP contribution in [0.5, 0.6) is 17.2 Å². The molecule has 2 heterocycles. The first-order chi connectivity index (χ1) is 15.0. The second-order valence-corrected chi connectivity index (χ2v) is 7.22. The highest BCUT2D eigenvalue weighted by atomic mass is 19.1. The lowest BCUT2D eigenvalue weighted by Crippen LogP contribution is -2.41. The summed E-state index contributed by atoms with van der Waals surface area (Å²) in [5, 5.41) is 9.94. The number of rotatable bonds is 5. The van der Waals surface area contributed by atoms with E-state index >= 15 is 0 Å². The molecule has 4 unspecified atom stereocenters. The SMILES string of the molecule is COc1ccc(C2C(C#N)=C(N)OC3NNC(c4ccc(F)cc4)C32)c(OC)c1OC. The van der Waals surface area contributed by atoms with Crippen LogP contribution in [0.4, 0.5) is 4.39 Å². The number of methoxy groups -OCH3 is 3. The number of halogens is 1. The van der Waals surface area contributed by atoms with Crippen LogP contribution in [0, 0.1) is 23.1 Å². The Kier molecular flexibility index (Phi) is 5.59. The fourth-order valence-corrected chi connectivity index (χ4v) is 4.39. The molecule has 0 radical (unpaired) electrons. The molecule has 4 rings (SSSR count). The van der Waals surface area contributed by atoms with Gasteiger partial charge in [0.1, 0.15) is 11.9 Å². The Morgan fingerprint density at radius 2 is 1.71 bits per heavy atom. The van der Waals surface area contributed by atoms with Crippen LogP contribution in [-0.4, -0.2) is 27.6 Å². The summed E-state index contributed by atoms with van der Waals surface area (Å²) in [5.41, 5.74) is 14.2. The van der Waals surface area contributed by atoms with Gasteiger partial charge in [-0.25, -0.2) is 15.2 Å². The van der Waals surface area contributed by atoms with Crippen LogP contribution in [0.1, 0.15) is 23.1 Å². The van der Waals surface area contributed by atoms with E-state index in [9.17, 15) is 9.65 Å². The number of fused-ring (bicyclic) bond motifs is 1. The average molecular weight is 426 g/mol. The first-order valence-electron chi connectivity index (χ1n) is 9.65. The molecule has 8 nitrogen and oxygen atoms in total. The van der Waals surface area contributed by atoms with Crippen LogP contribution < -0.4 is 30.8 Å². The molecule has 2 aromatic carbocycles. The summed E-state index contributed by atoms with van der Waals surface area (Å²) < 4.78 is 35.9. The van der Waals surface area contributed by atoms with E-state index in [1.807, 2.05) is 6.07 Å². The molecule has 0 spiro atoms. The lowest BCUT2D eigenvalue weighted by molar-refractivity contribution is 0.0337. The molecule has 4 N–H and O–H groups in total. The highest BCUT2D eigenvalue weighted by molar-refractivity contribution is 5.60. The third-order valence-corrected chi connectivity index (χ3v) is 5.75. The van der Waals surface area contributed by atoms with Crippen molar-refractivity contribution in [1.29, 1.82) is 5.26 Å². The van der Waals surface area contributed by atoms with Crippen molar-refractivity contribution < 1.29 is 23.3 Å². The van der Waals surface area contributed by atoms with Crippen LogP contribution >= 0.6 is 0 Å². The van der Waals surface area contributed by atoms with E-state index in [0.717, 1.165) is 5.56 Å². The minimum Gasteiger partial charge on any atom is -0.493 e. The molecule has 1 saturated heterocycles. The number of allylic oxidation sites excluding steroid dienone is 1. The van der Waals surface area contributed by atoms with Gasteiger partial charge < -0.3 is 24.7 Å². The Hall–Kier alpha value is -3.48. The monoisotopic (exact) mass is 426 g/mol. The maximum atomic E-state index is 13.5. The first kappa shape index (κ1) is 20.8. The number of nitrogens with two attached hydrogens (primary N) is 1. The zero-order valence-corrected chi connectivity index (χ0v) is 17.3. The van der Waals surface area contributed by atoms with Crippen LogP contribution in [0.15, 0.2) is 47.9 Å². The quantitative estimate of drug-likeness (QED) is 0.669. The molecule has 2 aromatic rings. The van der Waals surface area contributed by atoms with Crippen LogP contribution in [-0.2, 0) is 4.74 Å². The third kappa shape index (κ3) is 3.40. The van der Waals surface area contributed by atoms with Gasteiger partial charge in [0.2, 0.25) is 11.6 Å². The second kappa shape index (κ2) is 8.34. The van der Waals surface area contributed by atoms with Crippen molar-refractivity contribution in [2.45, 2.75) is 18.2 Å². The Balaban J connectivity index is 1.89. The van der Waals surface area contributed by atoms with E-state index in [4.69, 9.17) is 24.7 Å². The van der Waals surface area contributed by atoms with E-state index < -0.39 is 12.1 Å². The number of hydrogen-bond acceptors (Lipinski definition) is 8. The van der Waals surface area contributed by atoms with Crippen molar-refractivity contribution in [3.63, 3.8) is 0 Å². The number of nitrogens with zero attached hydrogens (tertiary/aromatic N) is 1. The summed E-state index contributed by atoms with van der Waals surface area (Å²) in [6.07, 6.45) is -0.519. The Morgan fingerprint density at radius 3 is 2.32 bits per heavy atom. The number of benzene rings is 2. The number of hydrazine groups is 1. The van der Waals surface area contributed by atoms with E-state index in [1.54, 1.807) is 18.2 Å². The molecule has 1 fully saturated rings. The van der Waals surface area contributed by atoms with Gasteiger partial charge in [-0.3, -0.25) is 0 Å². The van der Waals surface area contributed by atoms with Crippen LogP contribution in [0.3, 0.4) is 0 Å². The highest BCUT2D eigenvalue weighted by Gasteiger charge is 2.50. The second-order valence-electron chi connectivity index (χ2n) is 7.22. The Morgan fingerprint density at radius 1 is 1.00 bits per heavy atom. The van der Waals surface area contributed by atoms with Crippen LogP contribution in [0.25, 0.3) is 0 Å². The van der Waals surface area contributed by atoms with E-state index in [1.165, 1.54) is 33.5 Å². The summed E-state index contributed by atoms with van der Waals surface area (Å²) in [5.74, 6) is 0.289. The molecule has 9 heteroatoms. The predicted molar refractivity (Wildman–Crippen MR) is 109 cm³/mol. The topological polar surface area (TPSA) is 111 Å². The molecule has 2 aliphatic heterocycles. The lowest BCUT2D eigenvalue weighted by Gasteiger charge is -2.36. The summed E-state index contributed by atoms with van der Waals surface area (Å²) >= 11 is 0. The molecular formula is C22H23FN4O4. The molecule has 4 atom stereocenters. The third-order valence-electron chi connectivity index (χ3n) is 5.75. The van der Waals surface area contributed by atoms with Crippen molar-refractivity contribution >= 4 is 0 Å². The van der Waals surface area contributed by atoms with Crippen molar-refractivity contribution in [2.24, 2.45) is 11.7 Å². The number of nitrogens with one attached hydrogen (secondary N) is 2. The lowest BCUT2D eigenvalue weighted by atomic mass is 9.73. The molecule has 0 bridgehead atoms. The van der Waals surface area contributed by atoms with Gasteiger partial charge in [-0.15, -0.1) is 0 Å². The zero-order chi connectivity index (χ0) is 22.1. The first-order valence-corrected chi connectivity index (χ1v) is 9.65. The molecule has 2 aliphatic rings. The van der Waals surface area contributed by atoms with Gasteiger partial charge in [0.05, 0.1) is 32.9 Å². The summed E-state index contributed by atoms with van der Waals surface area (Å²) in [7, 11) is 4.58. The predicted octanol–water partition coefficient (Wildman–Crippen LogP) is 2.45. The normalized spacial score (nSPS) is 24.7. The van der Waals surface area contributed by atoms with E-state index in [0.29, 0.717) is 22.8 Å². The Bertz CT molecular complexity index is 1050. The van der Waals surface area contributed by atoms with E-state index in [2.05, 4.69) is 16.9 Å². The average Bonchev–Trinajstić information content (AvgIpc) is 3.20. The molecule has 31 heavy (non-hydrogen) atoms. The van der Waals surface area contributed by atoms with Crippen molar-refractivity contribution in [1.82, 2.24) is 10.9 Å². The van der Waals surface area contributed by atoms with Gasteiger partial charge in [0, 0.05) is 17.4 Å². The smallest absolute Gasteiger partial charge is 0.203 e. The zero-order valence-electron chi connectivity index (χ0n) is 17.3. The fraction of sp³-hybridized carbons (Fsp3) is 0.318. The van der Waals surface area contributed by atoms with Crippen molar-refractivity contribution in [3.8, 4) is 23.3 Å². The van der Waals surface area contributed by atoms with Gasteiger partial charge in [-0.05, 0) is 23.8 Å². The van der Waals surface area contributed by atoms with Gasteiger partial charge in [-0.2, -0.15) is 5.26 Å². The highest BCUT2D eigenvalue weighted by Crippen LogP contribution is 2.52. The molecule has 0 aromatic heterocycles. The minimum atomic E-state index is -0.519. The maximum Gasteiger partial charge on any atom is 0.203 e. The largest absolute Gasteiger partial charge is 0.493 e. The maximum absolute atomic E-state index is 13.5. The van der Waals surface area contributed by atoms with Crippen molar-refractivity contribution in [2.75, 3.05) is 21.3 Å². The summed E-state index contributed by atoms with van der Waals surface area (Å²) in [6, 6.07) is 11.7. The summed E-state index contributed by atoms with van der Waals surface area (Å²) in [4.78, 5) is 0. The molecule has 0 saturated carbocycles. The Labute approximate surface area is 179 Å². The van der Waals surface area contributed by atoms with Crippen LogP contribution in [0.2, 0.25) is 0 Å².